The normalized spacial score (nSPS) is 27.0. The summed E-state index contributed by atoms with van der Waals surface area (Å²) in [6.45, 7) is 0.134. The van der Waals surface area contributed by atoms with Crippen molar-refractivity contribution in [1.29, 1.82) is 0 Å². The van der Waals surface area contributed by atoms with Gasteiger partial charge in [-0.1, -0.05) is 6.07 Å². The maximum atomic E-state index is 12.3. The van der Waals surface area contributed by atoms with Crippen LogP contribution in [0.2, 0.25) is 0 Å². The number of hydrogen-bond donors (Lipinski definition) is 1. The molecule has 0 aliphatic carbocycles. The van der Waals surface area contributed by atoms with Crippen LogP contribution in [0, 0.1) is 0 Å². The number of pyridine rings is 1. The van der Waals surface area contributed by atoms with Crippen molar-refractivity contribution in [2.24, 2.45) is 0 Å². The topological polar surface area (TPSA) is 54.3 Å². The number of fused-ring (bicyclic) bond motifs is 2. The molecule has 3 rings (SSSR count). The minimum absolute atomic E-state index is 0. The SMILES string of the molecule is CN(C(=O)Cn1ccccc1=O)C1CC2CCC(C1)N2.Cl. The van der Waals surface area contributed by atoms with Gasteiger partial charge in [0, 0.05) is 37.4 Å². The maximum Gasteiger partial charge on any atom is 0.250 e. The van der Waals surface area contributed by atoms with Crippen molar-refractivity contribution in [3.05, 3.63) is 34.7 Å². The molecular weight excluding hydrogens is 290 g/mol. The Morgan fingerprint density at radius 2 is 2.00 bits per heavy atom. The standard InChI is InChI=1S/C15H21N3O2.ClH/c1-17(13-8-11-5-6-12(9-13)16-11)15(20)10-18-7-3-2-4-14(18)19;/h2-4,7,11-13,16H,5-6,8-10H2,1H3;1H. The van der Waals surface area contributed by atoms with E-state index in [2.05, 4.69) is 5.32 Å². The van der Waals surface area contributed by atoms with Gasteiger partial charge in [-0.2, -0.15) is 0 Å². The second kappa shape index (κ2) is 6.62. The van der Waals surface area contributed by atoms with E-state index in [0.717, 1.165) is 12.8 Å². The van der Waals surface area contributed by atoms with E-state index in [1.165, 1.54) is 23.5 Å². The lowest BCUT2D eigenvalue weighted by atomic mass is 9.98. The molecule has 1 aromatic heterocycles. The van der Waals surface area contributed by atoms with Crippen molar-refractivity contribution in [2.75, 3.05) is 7.05 Å². The molecule has 2 unspecified atom stereocenters. The van der Waals surface area contributed by atoms with Crippen LogP contribution in [0.25, 0.3) is 0 Å². The number of rotatable bonds is 3. The van der Waals surface area contributed by atoms with Crippen LogP contribution >= 0.6 is 12.4 Å². The fourth-order valence-electron chi connectivity index (χ4n) is 3.40. The van der Waals surface area contributed by atoms with Gasteiger partial charge in [0.25, 0.3) is 5.56 Å². The first-order valence-corrected chi connectivity index (χ1v) is 7.30. The Morgan fingerprint density at radius 3 is 2.62 bits per heavy atom. The first-order chi connectivity index (χ1) is 9.63. The summed E-state index contributed by atoms with van der Waals surface area (Å²) in [6.07, 6.45) is 6.17. The quantitative estimate of drug-likeness (QED) is 0.906. The molecule has 2 atom stereocenters. The van der Waals surface area contributed by atoms with E-state index in [-0.39, 0.29) is 30.4 Å². The van der Waals surface area contributed by atoms with Gasteiger partial charge in [0.1, 0.15) is 6.54 Å². The highest BCUT2D eigenvalue weighted by molar-refractivity contribution is 5.85. The van der Waals surface area contributed by atoms with Gasteiger partial charge in [0.05, 0.1) is 0 Å². The molecule has 3 heterocycles. The van der Waals surface area contributed by atoms with Crippen LogP contribution in [0.3, 0.4) is 0 Å². The van der Waals surface area contributed by atoms with E-state index in [1.807, 2.05) is 11.9 Å². The van der Waals surface area contributed by atoms with Crippen molar-refractivity contribution in [1.82, 2.24) is 14.8 Å². The van der Waals surface area contributed by atoms with Crippen LogP contribution < -0.4 is 10.9 Å². The third-order valence-corrected chi connectivity index (χ3v) is 4.59. The molecule has 1 aromatic rings. The fraction of sp³-hybridized carbons (Fsp3) is 0.600. The van der Waals surface area contributed by atoms with Crippen molar-refractivity contribution < 1.29 is 4.79 Å². The molecule has 2 saturated heterocycles. The summed E-state index contributed by atoms with van der Waals surface area (Å²) in [4.78, 5) is 25.8. The number of carbonyl (C=O) groups is 1. The highest BCUT2D eigenvalue weighted by Gasteiger charge is 2.36. The van der Waals surface area contributed by atoms with Gasteiger partial charge in [-0.25, -0.2) is 0 Å². The molecule has 21 heavy (non-hydrogen) atoms. The predicted octanol–water partition coefficient (Wildman–Crippen LogP) is 1.01. The van der Waals surface area contributed by atoms with Gasteiger partial charge in [0.2, 0.25) is 5.91 Å². The lowest BCUT2D eigenvalue weighted by Crippen LogP contribution is -2.49. The molecule has 5 nitrogen and oxygen atoms in total. The Hall–Kier alpha value is -1.33. The van der Waals surface area contributed by atoms with Crippen molar-refractivity contribution in [3.8, 4) is 0 Å². The Kier molecular flexibility index (Phi) is 5.06. The zero-order valence-electron chi connectivity index (χ0n) is 12.2. The van der Waals surface area contributed by atoms with E-state index in [0.29, 0.717) is 18.1 Å². The minimum atomic E-state index is -0.125. The molecule has 1 amide bonds. The number of hydrogen-bond acceptors (Lipinski definition) is 3. The average molecular weight is 312 g/mol. The van der Waals surface area contributed by atoms with Crippen LogP contribution in [-0.2, 0) is 11.3 Å². The number of nitrogens with zero attached hydrogens (tertiary/aromatic N) is 2. The van der Waals surface area contributed by atoms with Gasteiger partial charge in [-0.05, 0) is 31.7 Å². The van der Waals surface area contributed by atoms with Crippen molar-refractivity contribution in [3.63, 3.8) is 0 Å². The zero-order chi connectivity index (χ0) is 14.1. The molecule has 0 aromatic carbocycles. The highest BCUT2D eigenvalue weighted by Crippen LogP contribution is 2.29. The summed E-state index contributed by atoms with van der Waals surface area (Å²) in [5.74, 6) is 0.0181. The molecule has 2 aliphatic rings. The fourth-order valence-corrected chi connectivity index (χ4v) is 3.40. The molecule has 0 spiro atoms. The highest BCUT2D eigenvalue weighted by atomic mass is 35.5. The summed E-state index contributed by atoms with van der Waals surface area (Å²) in [5.41, 5.74) is -0.125. The van der Waals surface area contributed by atoms with Crippen LogP contribution in [0.1, 0.15) is 25.7 Å². The number of halogens is 1. The van der Waals surface area contributed by atoms with E-state index in [4.69, 9.17) is 0 Å². The molecule has 2 fully saturated rings. The first-order valence-electron chi connectivity index (χ1n) is 7.30. The largest absolute Gasteiger partial charge is 0.341 e. The monoisotopic (exact) mass is 311 g/mol. The number of nitrogens with one attached hydrogen (secondary N) is 1. The Bertz CT molecular complexity index is 548. The Morgan fingerprint density at radius 1 is 1.33 bits per heavy atom. The number of likely N-dealkylation sites (N-methyl/N-ethyl adjacent to an activating group) is 1. The zero-order valence-corrected chi connectivity index (χ0v) is 13.0. The lowest BCUT2D eigenvalue weighted by molar-refractivity contribution is -0.133. The smallest absolute Gasteiger partial charge is 0.250 e. The number of carbonyl (C=O) groups excluding carboxylic acids is 1. The Balaban J connectivity index is 0.00000161. The third-order valence-electron chi connectivity index (χ3n) is 4.59. The average Bonchev–Trinajstić information content (AvgIpc) is 2.79. The second-order valence-electron chi connectivity index (χ2n) is 5.93. The van der Waals surface area contributed by atoms with Crippen molar-refractivity contribution in [2.45, 2.75) is 50.4 Å². The molecule has 0 saturated carbocycles. The molecule has 0 radical (unpaired) electrons. The van der Waals surface area contributed by atoms with Gasteiger partial charge in [-0.15, -0.1) is 12.4 Å². The molecule has 2 aliphatic heterocycles. The van der Waals surface area contributed by atoms with Crippen LogP contribution in [0.4, 0.5) is 0 Å². The third kappa shape index (κ3) is 3.47. The van der Waals surface area contributed by atoms with Crippen LogP contribution in [0.5, 0.6) is 0 Å². The lowest BCUT2D eigenvalue weighted by Gasteiger charge is -2.35. The molecular formula is C15H22ClN3O2. The first kappa shape index (κ1) is 16.0. The van der Waals surface area contributed by atoms with Gasteiger partial charge in [0.15, 0.2) is 0 Å². The van der Waals surface area contributed by atoms with Crippen LogP contribution in [-0.4, -0.2) is 40.5 Å². The van der Waals surface area contributed by atoms with E-state index < -0.39 is 0 Å². The summed E-state index contributed by atoms with van der Waals surface area (Å²) >= 11 is 0. The molecule has 6 heteroatoms. The summed E-state index contributed by atoms with van der Waals surface area (Å²) in [7, 11) is 1.87. The van der Waals surface area contributed by atoms with Crippen LogP contribution in [0.15, 0.2) is 29.2 Å². The van der Waals surface area contributed by atoms with Gasteiger partial charge < -0.3 is 14.8 Å². The van der Waals surface area contributed by atoms with E-state index in [9.17, 15) is 9.59 Å². The number of piperidine rings is 1. The van der Waals surface area contributed by atoms with E-state index in [1.54, 1.807) is 18.3 Å². The molecule has 116 valence electrons. The Labute approximate surface area is 130 Å². The van der Waals surface area contributed by atoms with Gasteiger partial charge in [-0.3, -0.25) is 9.59 Å². The second-order valence-corrected chi connectivity index (χ2v) is 5.93. The predicted molar refractivity (Wildman–Crippen MR) is 83.7 cm³/mol. The summed E-state index contributed by atoms with van der Waals surface area (Å²) < 4.78 is 1.47. The number of amides is 1. The summed E-state index contributed by atoms with van der Waals surface area (Å²) in [5, 5.41) is 3.58. The molecule has 1 N–H and O–H groups in total. The molecule has 2 bridgehead atoms. The van der Waals surface area contributed by atoms with Gasteiger partial charge >= 0.3 is 0 Å². The van der Waals surface area contributed by atoms with Crippen molar-refractivity contribution >= 4 is 18.3 Å². The van der Waals surface area contributed by atoms with E-state index >= 15 is 0 Å². The minimum Gasteiger partial charge on any atom is -0.341 e. The number of aromatic nitrogens is 1. The summed E-state index contributed by atoms with van der Waals surface area (Å²) in [6, 6.07) is 6.39. The maximum absolute atomic E-state index is 12.3.